The minimum atomic E-state index is -3.88. The first-order valence-corrected chi connectivity index (χ1v) is 11.7. The predicted octanol–water partition coefficient (Wildman–Crippen LogP) is 2.37. The molecule has 2 aliphatic rings. The highest BCUT2D eigenvalue weighted by Gasteiger charge is 2.26. The number of amides is 3. The predicted molar refractivity (Wildman–Crippen MR) is 109 cm³/mol. The molecule has 8 heteroatoms. The van der Waals surface area contributed by atoms with Crippen molar-refractivity contribution in [1.29, 1.82) is 0 Å². The molecular weight excluding hydrogens is 378 g/mol. The van der Waals surface area contributed by atoms with E-state index in [1.165, 1.54) is 16.0 Å². The van der Waals surface area contributed by atoms with Gasteiger partial charge in [-0.1, -0.05) is 13.0 Å². The molecule has 0 spiro atoms. The number of carbonyl (C=O) groups excluding carboxylic acids is 2. The van der Waals surface area contributed by atoms with Gasteiger partial charge in [-0.05, 0) is 67.2 Å². The van der Waals surface area contributed by atoms with E-state index in [1.807, 2.05) is 6.92 Å². The van der Waals surface area contributed by atoms with Crippen molar-refractivity contribution in [1.82, 2.24) is 9.62 Å². The lowest BCUT2D eigenvalue weighted by atomic mass is 9.99. The molecular formula is C20H29N3O4S. The smallest absolute Gasteiger partial charge is 0.332 e. The Hall–Kier alpha value is -2.09. The van der Waals surface area contributed by atoms with Gasteiger partial charge in [0.15, 0.2) is 0 Å². The summed E-state index contributed by atoms with van der Waals surface area (Å²) in [5.41, 5.74) is 5.62. The first-order chi connectivity index (χ1) is 13.3. The molecule has 0 saturated heterocycles. The summed E-state index contributed by atoms with van der Waals surface area (Å²) in [6, 6.07) is 1.51. The number of nitrogens with one attached hydrogen (secondary N) is 2. The van der Waals surface area contributed by atoms with E-state index in [2.05, 4.69) is 16.1 Å². The third-order valence-corrected chi connectivity index (χ3v) is 6.77. The first-order valence-electron chi connectivity index (χ1n) is 10.0. The molecule has 28 heavy (non-hydrogen) atoms. The maximum Gasteiger partial charge on any atom is 0.332 e. The Kier molecular flexibility index (Phi) is 6.27. The molecule has 1 aromatic rings. The molecule has 0 radical (unpaired) electrons. The van der Waals surface area contributed by atoms with E-state index in [4.69, 9.17) is 0 Å². The molecule has 3 rings (SSSR count). The molecule has 2 aliphatic carbocycles. The van der Waals surface area contributed by atoms with Crippen LogP contribution in [0.2, 0.25) is 0 Å². The van der Waals surface area contributed by atoms with Crippen LogP contribution >= 0.6 is 0 Å². The quantitative estimate of drug-likeness (QED) is 0.725. The second-order valence-electron chi connectivity index (χ2n) is 7.67. The van der Waals surface area contributed by atoms with Crippen molar-refractivity contribution in [2.24, 2.45) is 0 Å². The lowest BCUT2D eigenvalue weighted by Gasteiger charge is -2.17. The number of benzene rings is 1. The van der Waals surface area contributed by atoms with E-state index in [-0.39, 0.29) is 12.3 Å². The minimum Gasteiger partial charge on any atom is -0.346 e. The molecule has 0 heterocycles. The zero-order valence-electron chi connectivity index (χ0n) is 16.6. The molecule has 0 unspecified atom stereocenters. The highest BCUT2D eigenvalue weighted by atomic mass is 32.2. The number of hydrogen-bond donors (Lipinski definition) is 2. The number of hydrogen-bond acceptors (Lipinski definition) is 4. The van der Waals surface area contributed by atoms with Gasteiger partial charge < -0.3 is 10.2 Å². The summed E-state index contributed by atoms with van der Waals surface area (Å²) < 4.78 is 26.5. The summed E-state index contributed by atoms with van der Waals surface area (Å²) in [7, 11) is -2.23. The molecule has 0 atom stereocenters. The number of rotatable bonds is 7. The zero-order valence-corrected chi connectivity index (χ0v) is 17.5. The van der Waals surface area contributed by atoms with E-state index in [0.717, 1.165) is 61.8 Å². The Bertz CT molecular complexity index is 848. The van der Waals surface area contributed by atoms with E-state index >= 15 is 0 Å². The SMILES string of the molecule is CCCN(C)C(=O)CCS(=O)(=O)NC(=O)Nc1c2c(cc3c1CCC3)CCC2. The van der Waals surface area contributed by atoms with Gasteiger partial charge >= 0.3 is 6.03 Å². The van der Waals surface area contributed by atoms with Crippen LogP contribution in [-0.2, 0) is 40.5 Å². The van der Waals surface area contributed by atoms with Crippen molar-refractivity contribution in [3.8, 4) is 0 Å². The van der Waals surface area contributed by atoms with Crippen LogP contribution in [-0.4, -0.2) is 44.6 Å². The normalized spacial score (nSPS) is 15.1. The molecule has 154 valence electrons. The number of sulfonamides is 1. The zero-order chi connectivity index (χ0) is 20.3. The summed E-state index contributed by atoms with van der Waals surface area (Å²) in [4.78, 5) is 25.9. The fourth-order valence-electron chi connectivity index (χ4n) is 4.17. The first kappa shape index (κ1) is 20.6. The maximum absolute atomic E-state index is 12.4. The Morgan fingerprint density at radius 2 is 1.68 bits per heavy atom. The number of fused-ring (bicyclic) bond motifs is 2. The Morgan fingerprint density at radius 3 is 2.25 bits per heavy atom. The van der Waals surface area contributed by atoms with Gasteiger partial charge in [0.05, 0.1) is 5.75 Å². The summed E-state index contributed by atoms with van der Waals surface area (Å²) in [5, 5.41) is 2.80. The van der Waals surface area contributed by atoms with Crippen LogP contribution in [0.5, 0.6) is 0 Å². The average Bonchev–Trinajstić information content (AvgIpc) is 3.28. The van der Waals surface area contributed by atoms with Gasteiger partial charge in [0.2, 0.25) is 15.9 Å². The molecule has 0 saturated carbocycles. The Labute approximate surface area is 166 Å². The van der Waals surface area contributed by atoms with E-state index in [1.54, 1.807) is 7.05 Å². The van der Waals surface area contributed by atoms with Gasteiger partial charge in [-0.2, -0.15) is 0 Å². The highest BCUT2D eigenvalue weighted by molar-refractivity contribution is 7.90. The van der Waals surface area contributed by atoms with Crippen molar-refractivity contribution in [3.63, 3.8) is 0 Å². The van der Waals surface area contributed by atoms with Gasteiger partial charge in [0.1, 0.15) is 0 Å². The van der Waals surface area contributed by atoms with Gasteiger partial charge in [0, 0.05) is 25.7 Å². The second kappa shape index (κ2) is 8.51. The summed E-state index contributed by atoms with van der Waals surface area (Å²) >= 11 is 0. The number of carbonyl (C=O) groups is 2. The topological polar surface area (TPSA) is 95.6 Å². The molecule has 3 amide bonds. The molecule has 0 aliphatic heterocycles. The summed E-state index contributed by atoms with van der Waals surface area (Å²) in [6.07, 6.45) is 6.60. The second-order valence-corrected chi connectivity index (χ2v) is 9.52. The van der Waals surface area contributed by atoms with Gasteiger partial charge in [0.25, 0.3) is 0 Å². The number of urea groups is 1. The lowest BCUT2D eigenvalue weighted by molar-refractivity contribution is -0.129. The van der Waals surface area contributed by atoms with Crippen molar-refractivity contribution < 1.29 is 18.0 Å². The van der Waals surface area contributed by atoms with Crippen LogP contribution in [0.15, 0.2) is 6.07 Å². The average molecular weight is 408 g/mol. The van der Waals surface area contributed by atoms with Crippen molar-refractivity contribution in [3.05, 3.63) is 28.3 Å². The highest BCUT2D eigenvalue weighted by Crippen LogP contribution is 2.38. The van der Waals surface area contributed by atoms with Crippen LogP contribution in [0.4, 0.5) is 10.5 Å². The van der Waals surface area contributed by atoms with Crippen LogP contribution < -0.4 is 10.0 Å². The maximum atomic E-state index is 12.4. The van der Waals surface area contributed by atoms with Crippen LogP contribution in [0.1, 0.15) is 54.9 Å². The Morgan fingerprint density at radius 1 is 1.07 bits per heavy atom. The summed E-state index contributed by atoms with van der Waals surface area (Å²) in [6.45, 7) is 2.53. The number of nitrogens with zero attached hydrogens (tertiary/aromatic N) is 1. The third-order valence-electron chi connectivity index (χ3n) is 5.53. The van der Waals surface area contributed by atoms with Crippen LogP contribution in [0, 0.1) is 0 Å². The monoisotopic (exact) mass is 407 g/mol. The molecule has 0 aromatic heterocycles. The van der Waals surface area contributed by atoms with Gasteiger partial charge in [-0.25, -0.2) is 17.9 Å². The fraction of sp³-hybridized carbons (Fsp3) is 0.600. The van der Waals surface area contributed by atoms with Crippen LogP contribution in [0.25, 0.3) is 0 Å². The van der Waals surface area contributed by atoms with Gasteiger partial charge in [-0.3, -0.25) is 4.79 Å². The standard InChI is InChI=1S/C20H29N3O4S/c1-3-11-23(2)18(24)10-12-28(26,27)22-20(25)21-19-16-8-4-6-14(16)13-15-7-5-9-17(15)19/h13H,3-12H2,1-2H3,(H2,21,22,25). The molecule has 7 nitrogen and oxygen atoms in total. The van der Waals surface area contributed by atoms with Crippen molar-refractivity contribution >= 4 is 27.6 Å². The minimum absolute atomic E-state index is 0.144. The van der Waals surface area contributed by atoms with Crippen molar-refractivity contribution in [2.45, 2.75) is 58.3 Å². The number of anilines is 1. The van der Waals surface area contributed by atoms with E-state index in [0.29, 0.717) is 6.54 Å². The van der Waals surface area contributed by atoms with E-state index in [9.17, 15) is 18.0 Å². The third kappa shape index (κ3) is 4.66. The van der Waals surface area contributed by atoms with Crippen molar-refractivity contribution in [2.75, 3.05) is 24.7 Å². The number of aryl methyl sites for hydroxylation is 2. The lowest BCUT2D eigenvalue weighted by Crippen LogP contribution is -2.38. The molecule has 1 aromatic carbocycles. The molecule has 2 N–H and O–H groups in total. The van der Waals surface area contributed by atoms with Gasteiger partial charge in [-0.15, -0.1) is 0 Å². The largest absolute Gasteiger partial charge is 0.346 e. The molecule has 0 bridgehead atoms. The van der Waals surface area contributed by atoms with E-state index < -0.39 is 21.8 Å². The van der Waals surface area contributed by atoms with Crippen LogP contribution in [0.3, 0.4) is 0 Å². The molecule has 0 fully saturated rings. The summed E-state index contributed by atoms with van der Waals surface area (Å²) in [5.74, 6) is -0.649. The fourth-order valence-corrected chi connectivity index (χ4v) is 5.05. The Balaban J connectivity index is 1.64.